The Balaban J connectivity index is 2.14. The average Bonchev–Trinajstić information content (AvgIpc) is 2.28. The van der Waals surface area contributed by atoms with Gasteiger partial charge in [0.15, 0.2) is 5.84 Å². The molecule has 0 radical (unpaired) electrons. The van der Waals surface area contributed by atoms with Crippen LogP contribution < -0.4 is 11.1 Å². The van der Waals surface area contributed by atoms with Gasteiger partial charge in [0.2, 0.25) is 5.91 Å². The Labute approximate surface area is 99.3 Å². The van der Waals surface area contributed by atoms with Gasteiger partial charge in [0.05, 0.1) is 0 Å². The van der Waals surface area contributed by atoms with Gasteiger partial charge in [0, 0.05) is 5.69 Å². The number of hydrogen-bond donors (Lipinski definition) is 3. The molecule has 17 heavy (non-hydrogen) atoms. The van der Waals surface area contributed by atoms with Gasteiger partial charge in [-0.3, -0.25) is 4.79 Å². The first-order valence-electron chi connectivity index (χ1n) is 5.53. The Morgan fingerprint density at radius 3 is 2.47 bits per heavy atom. The topological polar surface area (TPSA) is 87.7 Å². The lowest BCUT2D eigenvalue weighted by Crippen LogP contribution is -2.51. The van der Waals surface area contributed by atoms with Crippen LogP contribution in [-0.4, -0.2) is 17.0 Å². The number of nitrogens with one attached hydrogen (secondary N) is 1. The Morgan fingerprint density at radius 1 is 1.35 bits per heavy atom. The number of nitrogens with two attached hydrogens (primary N) is 1. The summed E-state index contributed by atoms with van der Waals surface area (Å²) in [6, 6.07) is 9.16. The molecule has 5 heteroatoms. The van der Waals surface area contributed by atoms with Crippen molar-refractivity contribution in [3.05, 3.63) is 30.3 Å². The summed E-state index contributed by atoms with van der Waals surface area (Å²) in [7, 11) is 0. The first-order chi connectivity index (χ1) is 8.19. The molecule has 1 amide bonds. The van der Waals surface area contributed by atoms with E-state index in [1.165, 1.54) is 0 Å². The highest BCUT2D eigenvalue weighted by Crippen LogP contribution is 2.42. The number of anilines is 1. The maximum Gasteiger partial charge on any atom is 0.238 e. The van der Waals surface area contributed by atoms with E-state index in [0.29, 0.717) is 12.8 Å². The standard InChI is InChI=1S/C12H15N3O2/c13-10(15-17)12(7-4-8-12)11(16)14-9-5-2-1-3-6-9/h1-3,5-6,17H,4,7-8H2,(H2,13,15)(H,14,16). The summed E-state index contributed by atoms with van der Waals surface area (Å²) < 4.78 is 0. The number of carbonyl (C=O) groups is 1. The zero-order chi connectivity index (χ0) is 12.3. The SMILES string of the molecule is N/C(=N/O)C1(C(=O)Nc2ccccc2)CCC1. The van der Waals surface area contributed by atoms with Crippen molar-refractivity contribution in [2.45, 2.75) is 19.3 Å². The molecule has 0 aromatic heterocycles. The predicted molar refractivity (Wildman–Crippen MR) is 64.8 cm³/mol. The number of carbonyl (C=O) groups excluding carboxylic acids is 1. The van der Waals surface area contributed by atoms with Crippen molar-refractivity contribution in [2.75, 3.05) is 5.32 Å². The van der Waals surface area contributed by atoms with Crippen LogP contribution in [0, 0.1) is 5.41 Å². The molecule has 5 nitrogen and oxygen atoms in total. The highest BCUT2D eigenvalue weighted by atomic mass is 16.4. The number of para-hydroxylation sites is 1. The molecule has 0 spiro atoms. The molecule has 0 saturated heterocycles. The van der Waals surface area contributed by atoms with Gasteiger partial charge in [-0.05, 0) is 25.0 Å². The van der Waals surface area contributed by atoms with Crippen LogP contribution in [0.15, 0.2) is 35.5 Å². The molecule has 1 aromatic carbocycles. The second-order valence-corrected chi connectivity index (χ2v) is 4.24. The number of amidine groups is 1. The summed E-state index contributed by atoms with van der Waals surface area (Å²) in [5, 5.41) is 14.5. The van der Waals surface area contributed by atoms with Crippen molar-refractivity contribution in [3.63, 3.8) is 0 Å². The molecule has 1 saturated carbocycles. The predicted octanol–water partition coefficient (Wildman–Crippen LogP) is 1.54. The summed E-state index contributed by atoms with van der Waals surface area (Å²) in [6.45, 7) is 0. The Hall–Kier alpha value is -2.04. The molecule has 90 valence electrons. The fraction of sp³-hybridized carbons (Fsp3) is 0.333. The molecule has 4 N–H and O–H groups in total. The molecule has 0 aliphatic heterocycles. The highest BCUT2D eigenvalue weighted by molar-refractivity contribution is 6.12. The van der Waals surface area contributed by atoms with E-state index in [4.69, 9.17) is 10.9 Å². The third-order valence-corrected chi connectivity index (χ3v) is 3.27. The lowest BCUT2D eigenvalue weighted by molar-refractivity contribution is -0.125. The molecular formula is C12H15N3O2. The van der Waals surface area contributed by atoms with E-state index >= 15 is 0 Å². The molecule has 0 unspecified atom stereocenters. The van der Waals surface area contributed by atoms with Crippen LogP contribution in [0.1, 0.15) is 19.3 Å². The van der Waals surface area contributed by atoms with Gasteiger partial charge in [-0.25, -0.2) is 0 Å². The summed E-state index contributed by atoms with van der Waals surface area (Å²) in [4.78, 5) is 12.1. The van der Waals surface area contributed by atoms with E-state index in [-0.39, 0.29) is 11.7 Å². The van der Waals surface area contributed by atoms with E-state index in [0.717, 1.165) is 12.1 Å². The number of oxime groups is 1. The van der Waals surface area contributed by atoms with Crippen LogP contribution in [0.3, 0.4) is 0 Å². The molecule has 0 heterocycles. The summed E-state index contributed by atoms with van der Waals surface area (Å²) in [5.41, 5.74) is 5.50. The minimum absolute atomic E-state index is 0.00261. The minimum atomic E-state index is -0.829. The summed E-state index contributed by atoms with van der Waals surface area (Å²) in [5.74, 6) is -0.206. The van der Waals surface area contributed by atoms with Crippen LogP contribution in [0.5, 0.6) is 0 Å². The van der Waals surface area contributed by atoms with E-state index in [2.05, 4.69) is 10.5 Å². The van der Waals surface area contributed by atoms with E-state index in [1.54, 1.807) is 12.1 Å². The second kappa shape index (κ2) is 4.45. The second-order valence-electron chi connectivity index (χ2n) is 4.24. The molecule has 2 rings (SSSR count). The zero-order valence-corrected chi connectivity index (χ0v) is 9.39. The van der Waals surface area contributed by atoms with Crippen LogP contribution in [0.25, 0.3) is 0 Å². The van der Waals surface area contributed by atoms with Crippen molar-refractivity contribution >= 4 is 17.4 Å². The van der Waals surface area contributed by atoms with Gasteiger partial charge < -0.3 is 16.3 Å². The molecule has 1 aliphatic carbocycles. The van der Waals surface area contributed by atoms with E-state index in [1.807, 2.05) is 18.2 Å². The third kappa shape index (κ3) is 1.95. The largest absolute Gasteiger partial charge is 0.409 e. The van der Waals surface area contributed by atoms with Gasteiger partial charge in [-0.2, -0.15) is 0 Å². The Kier molecular flexibility index (Phi) is 2.99. The first kappa shape index (κ1) is 11.4. The number of hydrogen-bond acceptors (Lipinski definition) is 3. The number of benzene rings is 1. The van der Waals surface area contributed by atoms with Crippen molar-refractivity contribution in [3.8, 4) is 0 Å². The summed E-state index contributed by atoms with van der Waals surface area (Å²) in [6.07, 6.45) is 2.17. The Morgan fingerprint density at radius 2 is 2.00 bits per heavy atom. The smallest absolute Gasteiger partial charge is 0.238 e. The van der Waals surface area contributed by atoms with Crippen LogP contribution in [-0.2, 0) is 4.79 Å². The van der Waals surface area contributed by atoms with Gasteiger partial charge >= 0.3 is 0 Å². The van der Waals surface area contributed by atoms with E-state index in [9.17, 15) is 4.79 Å². The van der Waals surface area contributed by atoms with Gasteiger partial charge in [-0.15, -0.1) is 0 Å². The molecule has 0 atom stereocenters. The molecule has 0 bridgehead atoms. The maximum absolute atomic E-state index is 12.1. The summed E-state index contributed by atoms with van der Waals surface area (Å²) >= 11 is 0. The first-order valence-corrected chi connectivity index (χ1v) is 5.53. The quantitative estimate of drug-likeness (QED) is 0.320. The lowest BCUT2D eigenvalue weighted by atomic mass is 9.67. The van der Waals surface area contributed by atoms with Gasteiger partial charge in [-0.1, -0.05) is 29.8 Å². The number of rotatable bonds is 3. The molecule has 1 fully saturated rings. The molecule has 1 aromatic rings. The van der Waals surface area contributed by atoms with E-state index < -0.39 is 5.41 Å². The van der Waals surface area contributed by atoms with Gasteiger partial charge in [0.1, 0.15) is 5.41 Å². The van der Waals surface area contributed by atoms with Crippen LogP contribution >= 0.6 is 0 Å². The van der Waals surface area contributed by atoms with Crippen molar-refractivity contribution in [1.82, 2.24) is 0 Å². The van der Waals surface area contributed by atoms with Gasteiger partial charge in [0.25, 0.3) is 0 Å². The van der Waals surface area contributed by atoms with Crippen molar-refractivity contribution < 1.29 is 10.0 Å². The Bertz CT molecular complexity index is 438. The normalized spacial score (nSPS) is 18.2. The lowest BCUT2D eigenvalue weighted by Gasteiger charge is -2.38. The number of amides is 1. The monoisotopic (exact) mass is 233 g/mol. The highest BCUT2D eigenvalue weighted by Gasteiger charge is 2.48. The fourth-order valence-corrected chi connectivity index (χ4v) is 2.00. The fourth-order valence-electron chi connectivity index (χ4n) is 2.00. The molecular weight excluding hydrogens is 218 g/mol. The number of nitrogens with zero attached hydrogens (tertiary/aromatic N) is 1. The average molecular weight is 233 g/mol. The minimum Gasteiger partial charge on any atom is -0.409 e. The molecule has 1 aliphatic rings. The van der Waals surface area contributed by atoms with Crippen molar-refractivity contribution in [2.24, 2.45) is 16.3 Å². The zero-order valence-electron chi connectivity index (χ0n) is 9.39. The van der Waals surface area contributed by atoms with Crippen LogP contribution in [0.2, 0.25) is 0 Å². The van der Waals surface area contributed by atoms with Crippen molar-refractivity contribution in [1.29, 1.82) is 0 Å². The maximum atomic E-state index is 12.1. The van der Waals surface area contributed by atoms with Crippen LogP contribution in [0.4, 0.5) is 5.69 Å². The third-order valence-electron chi connectivity index (χ3n) is 3.27.